The third kappa shape index (κ3) is 4.60. The highest BCUT2D eigenvalue weighted by atomic mass is 16.3. The van der Waals surface area contributed by atoms with Crippen molar-refractivity contribution < 1.29 is 5.11 Å². The van der Waals surface area contributed by atoms with Gasteiger partial charge < -0.3 is 10.4 Å². The Balaban J connectivity index is 2.07. The molecule has 3 nitrogen and oxygen atoms in total. The lowest BCUT2D eigenvalue weighted by Crippen LogP contribution is -2.41. The molecule has 0 amide bonds. The maximum absolute atomic E-state index is 9.30. The number of hydrogen-bond acceptors (Lipinski definition) is 3. The summed E-state index contributed by atoms with van der Waals surface area (Å²) in [5.74, 6) is 0. The highest BCUT2D eigenvalue weighted by molar-refractivity contribution is 4.76. The largest absolute Gasteiger partial charge is 0.392 e. The van der Waals surface area contributed by atoms with E-state index >= 15 is 0 Å². The van der Waals surface area contributed by atoms with Crippen LogP contribution in [0.1, 0.15) is 27.2 Å². The normalized spacial score (nSPS) is 25.4. The number of aliphatic hydroxyl groups excluding tert-OH is 1. The molecular weight excluding hydrogens is 164 g/mol. The maximum atomic E-state index is 9.30. The summed E-state index contributed by atoms with van der Waals surface area (Å²) < 4.78 is 0. The molecule has 2 N–H and O–H groups in total. The van der Waals surface area contributed by atoms with E-state index in [9.17, 15) is 5.11 Å². The van der Waals surface area contributed by atoms with Crippen molar-refractivity contribution >= 4 is 0 Å². The van der Waals surface area contributed by atoms with Crippen molar-refractivity contribution in [2.75, 3.05) is 26.2 Å². The van der Waals surface area contributed by atoms with E-state index in [1.165, 1.54) is 0 Å². The molecular formula is C10H22N2O. The highest BCUT2D eigenvalue weighted by Crippen LogP contribution is 2.07. The van der Waals surface area contributed by atoms with Crippen LogP contribution in [0.4, 0.5) is 0 Å². The molecule has 1 heterocycles. The molecule has 0 aromatic heterocycles. The lowest BCUT2D eigenvalue weighted by atomic mass is 10.1. The molecule has 0 aromatic carbocycles. The zero-order valence-electron chi connectivity index (χ0n) is 9.01. The fourth-order valence-corrected chi connectivity index (χ4v) is 1.60. The summed E-state index contributed by atoms with van der Waals surface area (Å²) >= 11 is 0. The van der Waals surface area contributed by atoms with Crippen LogP contribution in [0.5, 0.6) is 0 Å². The first-order valence-corrected chi connectivity index (χ1v) is 5.13. The number of nitrogens with one attached hydrogen (secondary N) is 1. The van der Waals surface area contributed by atoms with E-state index in [4.69, 9.17) is 0 Å². The minimum atomic E-state index is -0.0883. The van der Waals surface area contributed by atoms with Gasteiger partial charge in [-0.3, -0.25) is 4.90 Å². The lowest BCUT2D eigenvalue weighted by Gasteiger charge is -2.23. The van der Waals surface area contributed by atoms with Gasteiger partial charge in [0.25, 0.3) is 0 Å². The minimum Gasteiger partial charge on any atom is -0.392 e. The van der Waals surface area contributed by atoms with Gasteiger partial charge in [0.15, 0.2) is 0 Å². The first kappa shape index (κ1) is 11.0. The van der Waals surface area contributed by atoms with Gasteiger partial charge in [0.1, 0.15) is 0 Å². The van der Waals surface area contributed by atoms with E-state index in [-0.39, 0.29) is 11.6 Å². The number of nitrogens with zero attached hydrogens (tertiary/aromatic N) is 1. The monoisotopic (exact) mass is 186 g/mol. The topological polar surface area (TPSA) is 35.5 Å². The van der Waals surface area contributed by atoms with Crippen LogP contribution in [0.3, 0.4) is 0 Å². The smallest absolute Gasteiger partial charge is 0.0679 e. The molecule has 0 aliphatic carbocycles. The molecule has 1 rings (SSSR count). The second kappa shape index (κ2) is 4.40. The number of aliphatic hydroxyl groups is 1. The van der Waals surface area contributed by atoms with E-state index in [1.54, 1.807) is 0 Å². The Bertz CT molecular complexity index is 153. The second-order valence-electron chi connectivity index (χ2n) is 4.92. The summed E-state index contributed by atoms with van der Waals surface area (Å²) in [6, 6.07) is 0. The van der Waals surface area contributed by atoms with Crippen molar-refractivity contribution in [2.24, 2.45) is 0 Å². The Morgan fingerprint density at radius 3 is 2.62 bits per heavy atom. The van der Waals surface area contributed by atoms with Crippen molar-refractivity contribution in [3.8, 4) is 0 Å². The van der Waals surface area contributed by atoms with Crippen molar-refractivity contribution in [2.45, 2.75) is 38.8 Å². The third-order valence-electron chi connectivity index (χ3n) is 2.33. The van der Waals surface area contributed by atoms with Gasteiger partial charge in [0.05, 0.1) is 6.10 Å². The quantitative estimate of drug-likeness (QED) is 0.671. The van der Waals surface area contributed by atoms with Crippen LogP contribution in [0.2, 0.25) is 0 Å². The van der Waals surface area contributed by atoms with Crippen molar-refractivity contribution in [3.05, 3.63) is 0 Å². The molecule has 1 unspecified atom stereocenters. The Kier molecular flexibility index (Phi) is 3.71. The van der Waals surface area contributed by atoms with Gasteiger partial charge in [-0.15, -0.1) is 0 Å². The fourth-order valence-electron chi connectivity index (χ4n) is 1.60. The summed E-state index contributed by atoms with van der Waals surface area (Å²) in [7, 11) is 0. The Morgan fingerprint density at radius 2 is 2.15 bits per heavy atom. The van der Waals surface area contributed by atoms with Gasteiger partial charge in [-0.05, 0) is 27.2 Å². The van der Waals surface area contributed by atoms with E-state index in [1.807, 2.05) is 0 Å². The summed E-state index contributed by atoms with van der Waals surface area (Å²) in [5.41, 5.74) is 0.207. The van der Waals surface area contributed by atoms with Crippen molar-refractivity contribution in [1.29, 1.82) is 0 Å². The van der Waals surface area contributed by atoms with E-state index in [0.717, 1.165) is 32.6 Å². The predicted octanol–water partition coefficient (Wildman–Crippen LogP) is 0.441. The summed E-state index contributed by atoms with van der Waals surface area (Å²) in [5, 5.41) is 12.7. The third-order valence-corrected chi connectivity index (χ3v) is 2.33. The van der Waals surface area contributed by atoms with Crippen LogP contribution < -0.4 is 5.32 Å². The molecule has 3 heteroatoms. The van der Waals surface area contributed by atoms with Crippen molar-refractivity contribution in [3.63, 3.8) is 0 Å². The number of hydrogen-bond donors (Lipinski definition) is 2. The first-order valence-electron chi connectivity index (χ1n) is 5.13. The van der Waals surface area contributed by atoms with Crippen LogP contribution in [-0.4, -0.2) is 47.8 Å². The molecule has 1 aliphatic rings. The molecule has 0 spiro atoms. The Labute approximate surface area is 81.1 Å². The second-order valence-corrected chi connectivity index (χ2v) is 4.92. The van der Waals surface area contributed by atoms with Crippen LogP contribution in [0, 0.1) is 0 Å². The molecule has 0 bridgehead atoms. The molecule has 0 radical (unpaired) electrons. The van der Waals surface area contributed by atoms with Crippen LogP contribution in [0.25, 0.3) is 0 Å². The van der Waals surface area contributed by atoms with Gasteiger partial charge in [-0.25, -0.2) is 0 Å². The molecule has 1 aliphatic heterocycles. The molecule has 0 aromatic rings. The minimum absolute atomic E-state index is 0.0883. The average molecular weight is 186 g/mol. The average Bonchev–Trinajstić information content (AvgIpc) is 2.33. The Hall–Kier alpha value is -0.120. The Morgan fingerprint density at radius 1 is 1.46 bits per heavy atom. The van der Waals surface area contributed by atoms with E-state index < -0.39 is 0 Å². The number of likely N-dealkylation sites (tertiary alicyclic amines) is 1. The SMILES string of the molecule is CC(C)(C)NCCN1CCC(O)C1. The van der Waals surface area contributed by atoms with Crippen LogP contribution in [0.15, 0.2) is 0 Å². The predicted molar refractivity (Wildman–Crippen MR) is 54.8 cm³/mol. The molecule has 1 atom stereocenters. The van der Waals surface area contributed by atoms with Crippen LogP contribution >= 0.6 is 0 Å². The summed E-state index contributed by atoms with van der Waals surface area (Å²) in [6.07, 6.45) is 0.852. The van der Waals surface area contributed by atoms with Gasteiger partial charge in [-0.2, -0.15) is 0 Å². The van der Waals surface area contributed by atoms with Gasteiger partial charge in [-0.1, -0.05) is 0 Å². The zero-order valence-corrected chi connectivity index (χ0v) is 9.01. The van der Waals surface area contributed by atoms with Gasteiger partial charge in [0, 0.05) is 31.7 Å². The maximum Gasteiger partial charge on any atom is 0.0679 e. The lowest BCUT2D eigenvalue weighted by molar-refractivity contribution is 0.175. The van der Waals surface area contributed by atoms with Gasteiger partial charge in [0.2, 0.25) is 0 Å². The summed E-state index contributed by atoms with van der Waals surface area (Å²) in [6.45, 7) is 10.5. The highest BCUT2D eigenvalue weighted by Gasteiger charge is 2.19. The molecule has 1 saturated heterocycles. The number of rotatable bonds is 3. The van der Waals surface area contributed by atoms with E-state index in [0.29, 0.717) is 0 Å². The molecule has 78 valence electrons. The molecule has 13 heavy (non-hydrogen) atoms. The first-order chi connectivity index (χ1) is 5.97. The molecule has 1 fully saturated rings. The zero-order chi connectivity index (χ0) is 9.90. The standard InChI is InChI=1S/C10H22N2O/c1-10(2,3)11-5-7-12-6-4-9(13)8-12/h9,11,13H,4-8H2,1-3H3. The van der Waals surface area contributed by atoms with Gasteiger partial charge >= 0.3 is 0 Å². The van der Waals surface area contributed by atoms with E-state index in [2.05, 4.69) is 31.0 Å². The molecule has 0 saturated carbocycles. The van der Waals surface area contributed by atoms with Crippen molar-refractivity contribution in [1.82, 2.24) is 10.2 Å². The van der Waals surface area contributed by atoms with Crippen LogP contribution in [-0.2, 0) is 0 Å². The number of β-amino-alcohol motifs (C(OH)–C–C–N with tert-alkyl or cyclic N) is 1. The fraction of sp³-hybridized carbons (Fsp3) is 1.00. The summed E-state index contributed by atoms with van der Waals surface area (Å²) in [4.78, 5) is 2.31.